The van der Waals surface area contributed by atoms with E-state index < -0.39 is 0 Å². The number of anilines is 1. The van der Waals surface area contributed by atoms with Crippen LogP contribution in [0.25, 0.3) is 10.9 Å². The molecule has 2 heterocycles. The van der Waals surface area contributed by atoms with Gasteiger partial charge < -0.3 is 19.8 Å². The minimum atomic E-state index is -0.0650. The van der Waals surface area contributed by atoms with Gasteiger partial charge in [-0.3, -0.25) is 4.79 Å². The molecule has 1 aliphatic heterocycles. The van der Waals surface area contributed by atoms with Crippen molar-refractivity contribution in [3.63, 3.8) is 0 Å². The highest BCUT2D eigenvalue weighted by Crippen LogP contribution is 2.34. The number of fused-ring (bicyclic) bond motifs is 2. The van der Waals surface area contributed by atoms with Crippen molar-refractivity contribution in [3.8, 4) is 11.5 Å². The fraction of sp³-hybridized carbons (Fsp3) is 0.118. The molecule has 110 valence electrons. The summed E-state index contributed by atoms with van der Waals surface area (Å²) in [5.41, 5.74) is 2.71. The molecule has 0 spiro atoms. The van der Waals surface area contributed by atoms with E-state index in [0.29, 0.717) is 23.6 Å². The van der Waals surface area contributed by atoms with Crippen LogP contribution < -0.4 is 14.8 Å². The highest BCUT2D eigenvalue weighted by Gasteiger charge is 2.14. The van der Waals surface area contributed by atoms with Gasteiger partial charge in [-0.25, -0.2) is 0 Å². The maximum absolute atomic E-state index is 12.2. The van der Waals surface area contributed by atoms with Gasteiger partial charge in [0.05, 0.1) is 6.42 Å². The van der Waals surface area contributed by atoms with Gasteiger partial charge in [-0.1, -0.05) is 12.1 Å². The van der Waals surface area contributed by atoms with Crippen molar-refractivity contribution in [1.29, 1.82) is 0 Å². The standard InChI is InChI=1S/C17H14N2O3/c20-17(8-11-1-2-12-5-6-18-14(12)7-11)19-13-3-4-15-16(9-13)22-10-21-15/h1-7,9,18H,8,10H2,(H,19,20). The Kier molecular flexibility index (Phi) is 2.96. The van der Waals surface area contributed by atoms with E-state index in [4.69, 9.17) is 9.47 Å². The van der Waals surface area contributed by atoms with Crippen molar-refractivity contribution in [2.24, 2.45) is 0 Å². The lowest BCUT2D eigenvalue weighted by Crippen LogP contribution is -2.14. The molecule has 22 heavy (non-hydrogen) atoms. The van der Waals surface area contributed by atoms with Crippen LogP contribution in [0.4, 0.5) is 5.69 Å². The molecular weight excluding hydrogens is 280 g/mol. The highest BCUT2D eigenvalue weighted by molar-refractivity contribution is 5.93. The van der Waals surface area contributed by atoms with Crippen molar-refractivity contribution in [2.75, 3.05) is 12.1 Å². The van der Waals surface area contributed by atoms with Crippen molar-refractivity contribution < 1.29 is 14.3 Å². The van der Waals surface area contributed by atoms with Crippen LogP contribution in [-0.2, 0) is 11.2 Å². The zero-order valence-electron chi connectivity index (χ0n) is 11.8. The lowest BCUT2D eigenvalue weighted by molar-refractivity contribution is -0.115. The molecule has 5 nitrogen and oxygen atoms in total. The van der Waals surface area contributed by atoms with E-state index in [2.05, 4.69) is 10.3 Å². The summed E-state index contributed by atoms with van der Waals surface area (Å²) >= 11 is 0. The monoisotopic (exact) mass is 294 g/mol. The maximum atomic E-state index is 12.2. The SMILES string of the molecule is O=C(Cc1ccc2cc[nH]c2c1)Nc1ccc2c(c1)OCO2. The van der Waals surface area contributed by atoms with Gasteiger partial charge in [0.25, 0.3) is 0 Å². The van der Waals surface area contributed by atoms with E-state index in [1.165, 1.54) is 0 Å². The molecule has 0 atom stereocenters. The minimum absolute atomic E-state index is 0.0650. The first-order valence-corrected chi connectivity index (χ1v) is 7.03. The number of aromatic nitrogens is 1. The fourth-order valence-corrected chi connectivity index (χ4v) is 2.57. The summed E-state index contributed by atoms with van der Waals surface area (Å²) in [6, 6.07) is 13.3. The third kappa shape index (κ3) is 2.37. The Bertz CT molecular complexity index is 854. The molecule has 0 aliphatic carbocycles. The molecule has 0 unspecified atom stereocenters. The molecule has 0 saturated heterocycles. The Hall–Kier alpha value is -2.95. The largest absolute Gasteiger partial charge is 0.454 e. The number of hydrogen-bond donors (Lipinski definition) is 2. The van der Waals surface area contributed by atoms with Gasteiger partial charge in [-0.2, -0.15) is 0 Å². The molecule has 2 N–H and O–H groups in total. The fourth-order valence-electron chi connectivity index (χ4n) is 2.57. The van der Waals surface area contributed by atoms with Crippen molar-refractivity contribution in [2.45, 2.75) is 6.42 Å². The quantitative estimate of drug-likeness (QED) is 0.780. The van der Waals surface area contributed by atoms with Crippen LogP contribution >= 0.6 is 0 Å². The summed E-state index contributed by atoms with van der Waals surface area (Å²) in [5, 5.41) is 4.02. The molecule has 2 aromatic carbocycles. The molecule has 0 fully saturated rings. The normalized spacial score (nSPS) is 12.5. The molecule has 4 rings (SSSR count). The van der Waals surface area contributed by atoms with Crippen molar-refractivity contribution in [1.82, 2.24) is 4.98 Å². The van der Waals surface area contributed by atoms with Crippen molar-refractivity contribution in [3.05, 3.63) is 54.2 Å². The summed E-state index contributed by atoms with van der Waals surface area (Å²) in [5.74, 6) is 1.30. The van der Waals surface area contributed by atoms with Crippen LogP contribution in [0.3, 0.4) is 0 Å². The lowest BCUT2D eigenvalue weighted by atomic mass is 10.1. The van der Waals surface area contributed by atoms with Gasteiger partial charge in [0.1, 0.15) is 0 Å². The van der Waals surface area contributed by atoms with Gasteiger partial charge in [0.15, 0.2) is 11.5 Å². The van der Waals surface area contributed by atoms with Gasteiger partial charge in [-0.15, -0.1) is 0 Å². The van der Waals surface area contributed by atoms with Gasteiger partial charge >= 0.3 is 0 Å². The molecule has 1 aromatic heterocycles. The van der Waals surface area contributed by atoms with E-state index in [1.807, 2.05) is 30.5 Å². The van der Waals surface area contributed by atoms with Crippen molar-refractivity contribution >= 4 is 22.5 Å². The number of benzene rings is 2. The predicted molar refractivity (Wildman–Crippen MR) is 83.2 cm³/mol. The number of amides is 1. The number of carbonyl (C=O) groups excluding carboxylic acids is 1. The highest BCUT2D eigenvalue weighted by atomic mass is 16.7. The van der Waals surface area contributed by atoms with E-state index >= 15 is 0 Å². The van der Waals surface area contributed by atoms with Crippen LogP contribution in [0.5, 0.6) is 11.5 Å². The Labute approximate surface area is 126 Å². The number of nitrogens with one attached hydrogen (secondary N) is 2. The first kappa shape index (κ1) is 12.8. The van der Waals surface area contributed by atoms with Gasteiger partial charge in [0, 0.05) is 23.5 Å². The average molecular weight is 294 g/mol. The Morgan fingerprint density at radius 1 is 1.09 bits per heavy atom. The van der Waals surface area contributed by atoms with Crippen LogP contribution in [0.15, 0.2) is 48.7 Å². The molecule has 0 radical (unpaired) electrons. The number of carbonyl (C=O) groups is 1. The number of hydrogen-bond acceptors (Lipinski definition) is 3. The molecule has 1 amide bonds. The summed E-state index contributed by atoms with van der Waals surface area (Å²) in [6.45, 7) is 0.225. The molecular formula is C17H14N2O3. The third-order valence-electron chi connectivity index (χ3n) is 3.64. The molecule has 1 aliphatic rings. The Morgan fingerprint density at radius 3 is 2.95 bits per heavy atom. The number of ether oxygens (including phenoxy) is 2. The van der Waals surface area contributed by atoms with Crippen LogP contribution in [0.2, 0.25) is 0 Å². The Balaban J connectivity index is 1.47. The summed E-state index contributed by atoms with van der Waals surface area (Å²) < 4.78 is 10.5. The predicted octanol–water partition coefficient (Wildman–Crippen LogP) is 3.08. The van der Waals surface area contributed by atoms with Crippen LogP contribution in [0.1, 0.15) is 5.56 Å². The van der Waals surface area contributed by atoms with Crippen LogP contribution in [0, 0.1) is 0 Å². The second kappa shape index (κ2) is 5.11. The zero-order valence-corrected chi connectivity index (χ0v) is 11.8. The second-order valence-electron chi connectivity index (χ2n) is 5.19. The zero-order chi connectivity index (χ0) is 14.9. The minimum Gasteiger partial charge on any atom is -0.454 e. The summed E-state index contributed by atoms with van der Waals surface area (Å²) in [6.07, 6.45) is 2.21. The Morgan fingerprint density at radius 2 is 2.00 bits per heavy atom. The van der Waals surface area contributed by atoms with Gasteiger partial charge in [-0.05, 0) is 35.2 Å². The van der Waals surface area contributed by atoms with E-state index in [1.54, 1.807) is 18.2 Å². The van der Waals surface area contributed by atoms with E-state index in [0.717, 1.165) is 16.5 Å². The van der Waals surface area contributed by atoms with Crippen LogP contribution in [-0.4, -0.2) is 17.7 Å². The first-order chi connectivity index (χ1) is 10.8. The van der Waals surface area contributed by atoms with E-state index in [-0.39, 0.29) is 12.7 Å². The third-order valence-corrected chi connectivity index (χ3v) is 3.64. The summed E-state index contributed by atoms with van der Waals surface area (Å²) in [7, 11) is 0. The molecule has 5 heteroatoms. The number of H-pyrrole nitrogens is 1. The average Bonchev–Trinajstić information content (AvgIpc) is 3.14. The molecule has 0 saturated carbocycles. The first-order valence-electron chi connectivity index (χ1n) is 7.03. The lowest BCUT2D eigenvalue weighted by Gasteiger charge is -2.06. The van der Waals surface area contributed by atoms with Gasteiger partial charge in [0.2, 0.25) is 12.7 Å². The smallest absolute Gasteiger partial charge is 0.231 e. The number of rotatable bonds is 3. The topological polar surface area (TPSA) is 63.4 Å². The second-order valence-corrected chi connectivity index (χ2v) is 5.19. The van der Waals surface area contributed by atoms with E-state index in [9.17, 15) is 4.79 Å². The summed E-state index contributed by atoms with van der Waals surface area (Å²) in [4.78, 5) is 15.3. The number of aromatic amines is 1. The molecule has 3 aromatic rings. The molecule has 0 bridgehead atoms. The maximum Gasteiger partial charge on any atom is 0.231 e.